The van der Waals surface area contributed by atoms with Crippen LogP contribution >= 0.6 is 0 Å². The molecule has 27 heavy (non-hydrogen) atoms. The van der Waals surface area contributed by atoms with Crippen molar-refractivity contribution in [3.05, 3.63) is 35.7 Å². The molecule has 0 spiro atoms. The predicted molar refractivity (Wildman–Crippen MR) is 102 cm³/mol. The van der Waals surface area contributed by atoms with Gasteiger partial charge in [0, 0.05) is 37.4 Å². The standard InChI is InChI=1S/C18H24N4O4S/c1-13-18(14(2)26-21-13)27(24,25)19-10-9-17(23)20-15-5-7-16(8-6-15)22-11-3-4-12-22/h5-8,19H,3-4,9-12H2,1-2H3,(H,20,23). The van der Waals surface area contributed by atoms with Gasteiger partial charge in [0.2, 0.25) is 15.9 Å². The number of nitrogens with zero attached hydrogens (tertiary/aromatic N) is 2. The Morgan fingerprint density at radius 2 is 1.85 bits per heavy atom. The third-order valence-corrected chi connectivity index (χ3v) is 6.21. The van der Waals surface area contributed by atoms with Crippen molar-refractivity contribution in [3.63, 3.8) is 0 Å². The predicted octanol–water partition coefficient (Wildman–Crippen LogP) is 2.20. The van der Waals surface area contributed by atoms with E-state index in [2.05, 4.69) is 20.1 Å². The number of amides is 1. The maximum absolute atomic E-state index is 12.3. The minimum absolute atomic E-state index is 0.00983. The fourth-order valence-electron chi connectivity index (χ4n) is 3.18. The zero-order valence-corrected chi connectivity index (χ0v) is 16.3. The lowest BCUT2D eigenvalue weighted by atomic mass is 10.2. The molecule has 0 bridgehead atoms. The van der Waals surface area contributed by atoms with Gasteiger partial charge in [-0.3, -0.25) is 4.79 Å². The fourth-order valence-corrected chi connectivity index (χ4v) is 4.54. The highest BCUT2D eigenvalue weighted by atomic mass is 32.2. The van der Waals surface area contributed by atoms with Crippen molar-refractivity contribution in [2.75, 3.05) is 29.9 Å². The Morgan fingerprint density at radius 3 is 2.44 bits per heavy atom. The second kappa shape index (κ2) is 8.10. The van der Waals surface area contributed by atoms with Gasteiger partial charge in [-0.15, -0.1) is 0 Å². The van der Waals surface area contributed by atoms with Crippen LogP contribution in [0.5, 0.6) is 0 Å². The SMILES string of the molecule is Cc1noc(C)c1S(=O)(=O)NCCC(=O)Nc1ccc(N2CCCC2)cc1. The molecular weight excluding hydrogens is 368 g/mol. The highest BCUT2D eigenvalue weighted by Crippen LogP contribution is 2.22. The summed E-state index contributed by atoms with van der Waals surface area (Å²) in [6.45, 7) is 5.22. The maximum Gasteiger partial charge on any atom is 0.245 e. The summed E-state index contributed by atoms with van der Waals surface area (Å²) in [6.07, 6.45) is 2.45. The number of sulfonamides is 1. The molecule has 1 aromatic heterocycles. The lowest BCUT2D eigenvalue weighted by Crippen LogP contribution is -2.28. The van der Waals surface area contributed by atoms with E-state index in [1.807, 2.05) is 24.3 Å². The Kier molecular flexibility index (Phi) is 5.81. The van der Waals surface area contributed by atoms with Gasteiger partial charge in [-0.1, -0.05) is 5.16 Å². The van der Waals surface area contributed by atoms with Crippen LogP contribution in [0.1, 0.15) is 30.7 Å². The largest absolute Gasteiger partial charge is 0.372 e. The van der Waals surface area contributed by atoms with Gasteiger partial charge in [0.05, 0.1) is 0 Å². The van der Waals surface area contributed by atoms with Crippen molar-refractivity contribution < 1.29 is 17.7 Å². The molecule has 8 nitrogen and oxygen atoms in total. The van der Waals surface area contributed by atoms with Gasteiger partial charge in [0.1, 0.15) is 10.6 Å². The quantitative estimate of drug-likeness (QED) is 0.748. The van der Waals surface area contributed by atoms with E-state index in [1.165, 1.54) is 19.8 Å². The van der Waals surface area contributed by atoms with Gasteiger partial charge < -0.3 is 14.7 Å². The summed E-state index contributed by atoms with van der Waals surface area (Å²) in [5.41, 5.74) is 2.14. The summed E-state index contributed by atoms with van der Waals surface area (Å²) in [5.74, 6) is -0.0343. The molecule has 3 rings (SSSR count). The fraction of sp³-hybridized carbons (Fsp3) is 0.444. The first-order chi connectivity index (χ1) is 12.9. The van der Waals surface area contributed by atoms with Crippen LogP contribution in [0.3, 0.4) is 0 Å². The van der Waals surface area contributed by atoms with Crippen LogP contribution in [0.15, 0.2) is 33.7 Å². The molecule has 1 aliphatic heterocycles. The molecule has 1 saturated heterocycles. The number of rotatable bonds is 7. The van der Waals surface area contributed by atoms with E-state index in [0.29, 0.717) is 11.4 Å². The Hall–Kier alpha value is -2.39. The smallest absolute Gasteiger partial charge is 0.245 e. The van der Waals surface area contributed by atoms with E-state index in [1.54, 1.807) is 6.92 Å². The van der Waals surface area contributed by atoms with Crippen LogP contribution in [0.4, 0.5) is 11.4 Å². The summed E-state index contributed by atoms with van der Waals surface area (Å²) in [4.78, 5) is 14.4. The van der Waals surface area contributed by atoms with Gasteiger partial charge in [0.25, 0.3) is 0 Å². The number of nitrogens with one attached hydrogen (secondary N) is 2. The molecule has 2 heterocycles. The van der Waals surface area contributed by atoms with Crippen LogP contribution in [0.25, 0.3) is 0 Å². The number of hydrogen-bond donors (Lipinski definition) is 2. The molecule has 2 aromatic rings. The van der Waals surface area contributed by atoms with Crippen molar-refractivity contribution in [2.45, 2.75) is 38.0 Å². The molecule has 9 heteroatoms. The molecule has 0 unspecified atom stereocenters. The van der Waals surface area contributed by atoms with E-state index in [0.717, 1.165) is 18.8 Å². The topological polar surface area (TPSA) is 105 Å². The Bertz CT molecular complexity index is 880. The van der Waals surface area contributed by atoms with Crippen molar-refractivity contribution in [1.82, 2.24) is 9.88 Å². The molecule has 1 aromatic carbocycles. The normalized spacial score (nSPS) is 14.5. The third kappa shape index (κ3) is 4.67. The average Bonchev–Trinajstić information content (AvgIpc) is 3.25. The molecule has 0 atom stereocenters. The Labute approximate surface area is 159 Å². The second-order valence-electron chi connectivity index (χ2n) is 6.59. The van der Waals surface area contributed by atoms with Gasteiger partial charge in [-0.05, 0) is 51.0 Å². The zero-order chi connectivity index (χ0) is 19.4. The van der Waals surface area contributed by atoms with Crippen molar-refractivity contribution in [2.24, 2.45) is 0 Å². The van der Waals surface area contributed by atoms with Gasteiger partial charge >= 0.3 is 0 Å². The monoisotopic (exact) mass is 392 g/mol. The molecule has 0 radical (unpaired) electrons. The summed E-state index contributed by atoms with van der Waals surface area (Å²) in [7, 11) is -3.75. The van der Waals surface area contributed by atoms with Crippen molar-refractivity contribution in [1.29, 1.82) is 0 Å². The van der Waals surface area contributed by atoms with Gasteiger partial charge in [-0.2, -0.15) is 0 Å². The van der Waals surface area contributed by atoms with Crippen LogP contribution < -0.4 is 14.9 Å². The molecule has 0 saturated carbocycles. The molecular formula is C18H24N4O4S. The Morgan fingerprint density at radius 1 is 1.19 bits per heavy atom. The lowest BCUT2D eigenvalue weighted by Gasteiger charge is -2.17. The van der Waals surface area contributed by atoms with E-state index in [-0.39, 0.29) is 29.5 Å². The van der Waals surface area contributed by atoms with E-state index in [9.17, 15) is 13.2 Å². The second-order valence-corrected chi connectivity index (χ2v) is 8.29. The summed E-state index contributed by atoms with van der Waals surface area (Å²) in [6, 6.07) is 7.70. The number of hydrogen-bond acceptors (Lipinski definition) is 6. The Balaban J connectivity index is 1.49. The minimum Gasteiger partial charge on any atom is -0.372 e. The van der Waals surface area contributed by atoms with Crippen molar-refractivity contribution in [3.8, 4) is 0 Å². The van der Waals surface area contributed by atoms with Crippen LogP contribution in [-0.4, -0.2) is 39.1 Å². The van der Waals surface area contributed by atoms with Gasteiger partial charge in [0.15, 0.2) is 5.76 Å². The molecule has 1 fully saturated rings. The number of carbonyl (C=O) groups excluding carboxylic acids is 1. The first-order valence-electron chi connectivity index (χ1n) is 8.94. The molecule has 2 N–H and O–H groups in total. The number of aryl methyl sites for hydroxylation is 2. The third-order valence-electron chi connectivity index (χ3n) is 4.50. The van der Waals surface area contributed by atoms with Crippen LogP contribution in [0.2, 0.25) is 0 Å². The lowest BCUT2D eigenvalue weighted by molar-refractivity contribution is -0.116. The average molecular weight is 392 g/mol. The van der Waals surface area contributed by atoms with E-state index < -0.39 is 10.0 Å². The molecule has 0 aliphatic carbocycles. The van der Waals surface area contributed by atoms with E-state index >= 15 is 0 Å². The number of benzene rings is 1. The summed E-state index contributed by atoms with van der Waals surface area (Å²) >= 11 is 0. The molecule has 1 amide bonds. The molecule has 1 aliphatic rings. The minimum atomic E-state index is -3.75. The van der Waals surface area contributed by atoms with E-state index in [4.69, 9.17) is 4.52 Å². The van der Waals surface area contributed by atoms with Crippen LogP contribution in [0, 0.1) is 13.8 Å². The first-order valence-corrected chi connectivity index (χ1v) is 10.4. The highest BCUT2D eigenvalue weighted by Gasteiger charge is 2.23. The maximum atomic E-state index is 12.3. The number of aromatic nitrogens is 1. The first kappa shape index (κ1) is 19.4. The number of anilines is 2. The number of carbonyl (C=O) groups is 1. The highest BCUT2D eigenvalue weighted by molar-refractivity contribution is 7.89. The van der Waals surface area contributed by atoms with Crippen LogP contribution in [-0.2, 0) is 14.8 Å². The zero-order valence-electron chi connectivity index (χ0n) is 15.5. The van der Waals surface area contributed by atoms with Crippen molar-refractivity contribution >= 4 is 27.3 Å². The summed E-state index contributed by atoms with van der Waals surface area (Å²) < 4.78 is 31.9. The molecule has 146 valence electrons. The van der Waals surface area contributed by atoms with Gasteiger partial charge in [-0.25, -0.2) is 13.1 Å². The summed E-state index contributed by atoms with van der Waals surface area (Å²) in [5, 5.41) is 6.42.